The zero-order valence-corrected chi connectivity index (χ0v) is 11.5. The lowest BCUT2D eigenvalue weighted by atomic mass is 9.85. The van der Waals surface area contributed by atoms with Crippen LogP contribution in [-0.2, 0) is 16.0 Å². The van der Waals surface area contributed by atoms with Gasteiger partial charge in [0.1, 0.15) is 0 Å². The Morgan fingerprint density at radius 1 is 1.74 bits per heavy atom. The van der Waals surface area contributed by atoms with Gasteiger partial charge in [-0.3, -0.25) is 9.89 Å². The third-order valence-electron chi connectivity index (χ3n) is 3.88. The van der Waals surface area contributed by atoms with Crippen LogP contribution < -0.4 is 11.1 Å². The number of amides is 1. The van der Waals surface area contributed by atoms with Gasteiger partial charge in [0.15, 0.2) is 0 Å². The number of aryl methyl sites for hydroxylation is 2. The summed E-state index contributed by atoms with van der Waals surface area (Å²) in [6.07, 6.45) is 3.62. The van der Waals surface area contributed by atoms with Crippen molar-refractivity contribution in [2.45, 2.75) is 32.7 Å². The number of nitrogens with zero attached hydrogens (tertiary/aromatic N) is 1. The van der Waals surface area contributed by atoms with Crippen LogP contribution in [0.4, 0.5) is 0 Å². The first-order chi connectivity index (χ1) is 9.04. The quantitative estimate of drug-likeness (QED) is 0.660. The Labute approximate surface area is 113 Å². The molecule has 1 aromatic heterocycles. The molecule has 1 saturated heterocycles. The fraction of sp³-hybridized carbons (Fsp3) is 0.692. The van der Waals surface area contributed by atoms with Gasteiger partial charge in [0.05, 0.1) is 24.8 Å². The highest BCUT2D eigenvalue weighted by Crippen LogP contribution is 2.26. The molecule has 4 N–H and O–H groups in total. The van der Waals surface area contributed by atoms with E-state index in [9.17, 15) is 4.79 Å². The molecule has 1 aliphatic heterocycles. The van der Waals surface area contributed by atoms with E-state index in [4.69, 9.17) is 10.5 Å². The van der Waals surface area contributed by atoms with Gasteiger partial charge in [0.2, 0.25) is 5.91 Å². The first-order valence-corrected chi connectivity index (χ1v) is 6.64. The fourth-order valence-corrected chi connectivity index (χ4v) is 2.23. The molecule has 0 radical (unpaired) electrons. The van der Waals surface area contributed by atoms with Gasteiger partial charge < -0.3 is 15.8 Å². The largest absolute Gasteiger partial charge is 0.379 e. The first-order valence-electron chi connectivity index (χ1n) is 6.64. The van der Waals surface area contributed by atoms with Gasteiger partial charge in [-0.2, -0.15) is 5.10 Å². The van der Waals surface area contributed by atoms with Gasteiger partial charge in [-0.05, 0) is 32.3 Å². The summed E-state index contributed by atoms with van der Waals surface area (Å²) in [5.74, 6) is -0.0126. The number of H-pyrrole nitrogens is 1. The number of carbonyl (C=O) groups is 1. The molecule has 2 rings (SSSR count). The minimum absolute atomic E-state index is 0.0126. The van der Waals surface area contributed by atoms with Gasteiger partial charge in [-0.15, -0.1) is 0 Å². The Kier molecular flexibility index (Phi) is 4.21. The molecular formula is C13H22N4O2. The lowest BCUT2D eigenvalue weighted by molar-refractivity contribution is -0.130. The number of ether oxygens (including phenoxy) is 1. The fourth-order valence-electron chi connectivity index (χ4n) is 2.23. The van der Waals surface area contributed by atoms with E-state index < -0.39 is 5.41 Å². The van der Waals surface area contributed by atoms with E-state index in [0.29, 0.717) is 19.8 Å². The minimum Gasteiger partial charge on any atom is -0.379 e. The zero-order valence-electron chi connectivity index (χ0n) is 11.5. The number of aromatic amines is 1. The molecule has 106 valence electrons. The van der Waals surface area contributed by atoms with Crippen molar-refractivity contribution in [1.29, 1.82) is 0 Å². The second-order valence-corrected chi connectivity index (χ2v) is 5.42. The van der Waals surface area contributed by atoms with E-state index in [-0.39, 0.29) is 11.9 Å². The summed E-state index contributed by atoms with van der Waals surface area (Å²) in [6, 6.07) is -0.219. The average Bonchev–Trinajstić information content (AvgIpc) is 2.93. The zero-order chi connectivity index (χ0) is 13.9. The molecule has 1 aliphatic rings. The van der Waals surface area contributed by atoms with Crippen LogP contribution in [0.25, 0.3) is 0 Å². The van der Waals surface area contributed by atoms with Gasteiger partial charge in [0, 0.05) is 18.3 Å². The predicted molar refractivity (Wildman–Crippen MR) is 71.6 cm³/mol. The molecule has 0 spiro atoms. The summed E-state index contributed by atoms with van der Waals surface area (Å²) >= 11 is 0. The van der Waals surface area contributed by atoms with Crippen molar-refractivity contribution in [3.63, 3.8) is 0 Å². The molecule has 2 unspecified atom stereocenters. The normalized spacial score (nSPS) is 26.6. The molecule has 2 heterocycles. The van der Waals surface area contributed by atoms with E-state index in [1.165, 1.54) is 5.56 Å². The maximum absolute atomic E-state index is 12.1. The Bertz CT molecular complexity index is 446. The lowest BCUT2D eigenvalue weighted by Crippen LogP contribution is -2.50. The highest BCUT2D eigenvalue weighted by molar-refractivity contribution is 5.83. The van der Waals surface area contributed by atoms with E-state index in [1.54, 1.807) is 0 Å². The number of carbonyl (C=O) groups excluding carboxylic acids is 1. The van der Waals surface area contributed by atoms with Crippen molar-refractivity contribution in [2.75, 3.05) is 19.8 Å². The number of rotatable bonds is 5. The molecule has 1 aromatic rings. The molecule has 0 saturated carbocycles. The molecule has 19 heavy (non-hydrogen) atoms. The maximum Gasteiger partial charge on any atom is 0.229 e. The molecule has 6 heteroatoms. The molecule has 0 aromatic carbocycles. The van der Waals surface area contributed by atoms with E-state index >= 15 is 0 Å². The van der Waals surface area contributed by atoms with Gasteiger partial charge in [-0.25, -0.2) is 0 Å². The topological polar surface area (TPSA) is 93.0 Å². The van der Waals surface area contributed by atoms with Crippen molar-refractivity contribution in [3.8, 4) is 0 Å². The molecule has 1 fully saturated rings. The van der Waals surface area contributed by atoms with Crippen LogP contribution in [0, 0.1) is 12.3 Å². The molecule has 0 bridgehead atoms. The van der Waals surface area contributed by atoms with Crippen LogP contribution in [-0.4, -0.2) is 41.9 Å². The lowest BCUT2D eigenvalue weighted by Gasteiger charge is -2.25. The monoisotopic (exact) mass is 266 g/mol. The van der Waals surface area contributed by atoms with Crippen molar-refractivity contribution >= 4 is 5.91 Å². The van der Waals surface area contributed by atoms with Gasteiger partial charge >= 0.3 is 0 Å². The number of hydrogen-bond donors (Lipinski definition) is 3. The van der Waals surface area contributed by atoms with E-state index in [2.05, 4.69) is 15.5 Å². The third-order valence-corrected chi connectivity index (χ3v) is 3.88. The standard InChI is InChI=1S/C13H22N4O2/c1-9-10(6-16-17-9)4-3-5-15-12(18)13(2)8-19-7-11(13)14/h6,11H,3-5,7-8,14H2,1-2H3,(H,15,18)(H,16,17). The van der Waals surface area contributed by atoms with Crippen molar-refractivity contribution in [3.05, 3.63) is 17.5 Å². The Morgan fingerprint density at radius 2 is 2.53 bits per heavy atom. The molecule has 1 amide bonds. The second kappa shape index (κ2) is 5.71. The Balaban J connectivity index is 1.74. The van der Waals surface area contributed by atoms with Crippen molar-refractivity contribution < 1.29 is 9.53 Å². The smallest absolute Gasteiger partial charge is 0.229 e. The highest BCUT2D eigenvalue weighted by Gasteiger charge is 2.44. The Morgan fingerprint density at radius 3 is 3.11 bits per heavy atom. The van der Waals surface area contributed by atoms with Crippen molar-refractivity contribution in [1.82, 2.24) is 15.5 Å². The molecular weight excluding hydrogens is 244 g/mol. The Hall–Kier alpha value is -1.40. The third kappa shape index (κ3) is 2.96. The molecule has 2 atom stereocenters. The summed E-state index contributed by atoms with van der Waals surface area (Å²) in [4.78, 5) is 12.1. The summed E-state index contributed by atoms with van der Waals surface area (Å²) in [7, 11) is 0. The number of nitrogens with one attached hydrogen (secondary N) is 2. The van der Waals surface area contributed by atoms with Crippen LogP contribution >= 0.6 is 0 Å². The summed E-state index contributed by atoms with van der Waals surface area (Å²) < 4.78 is 5.28. The highest BCUT2D eigenvalue weighted by atomic mass is 16.5. The second-order valence-electron chi connectivity index (χ2n) is 5.42. The van der Waals surface area contributed by atoms with Crippen molar-refractivity contribution in [2.24, 2.45) is 11.1 Å². The molecule has 6 nitrogen and oxygen atoms in total. The predicted octanol–water partition coefficient (Wildman–Crippen LogP) is 0.131. The maximum atomic E-state index is 12.1. The molecule has 0 aliphatic carbocycles. The van der Waals surface area contributed by atoms with Crippen LogP contribution in [0.3, 0.4) is 0 Å². The number of nitrogens with two attached hydrogens (primary N) is 1. The first kappa shape index (κ1) is 14.0. The van der Waals surface area contributed by atoms with Crippen LogP contribution in [0.2, 0.25) is 0 Å². The minimum atomic E-state index is -0.592. The SMILES string of the molecule is Cc1[nH]ncc1CCCNC(=O)C1(C)COCC1N. The summed E-state index contributed by atoms with van der Waals surface area (Å²) in [5, 5.41) is 9.83. The van der Waals surface area contributed by atoms with Crippen LogP contribution in [0.1, 0.15) is 24.6 Å². The number of aromatic nitrogens is 2. The van der Waals surface area contributed by atoms with Gasteiger partial charge in [-0.1, -0.05) is 0 Å². The van der Waals surface area contributed by atoms with Gasteiger partial charge in [0.25, 0.3) is 0 Å². The summed E-state index contributed by atoms with van der Waals surface area (Å²) in [6.45, 7) is 5.36. The van der Waals surface area contributed by atoms with Crippen LogP contribution in [0.15, 0.2) is 6.20 Å². The van der Waals surface area contributed by atoms with E-state index in [0.717, 1.165) is 18.5 Å². The van der Waals surface area contributed by atoms with Crippen LogP contribution in [0.5, 0.6) is 0 Å². The summed E-state index contributed by atoms with van der Waals surface area (Å²) in [5.41, 5.74) is 7.61. The average molecular weight is 266 g/mol. The number of hydrogen-bond acceptors (Lipinski definition) is 4. The van der Waals surface area contributed by atoms with E-state index in [1.807, 2.05) is 20.0 Å².